The molecule has 1 N–H and O–H groups in total. The molecule has 2 amide bonds. The number of amides is 2. The van der Waals surface area contributed by atoms with E-state index in [2.05, 4.69) is 5.32 Å². The number of carbonyl (C=O) groups excluding carboxylic acids is 2. The fourth-order valence-electron chi connectivity index (χ4n) is 3.13. The highest BCUT2D eigenvalue weighted by molar-refractivity contribution is 7.91. The van der Waals surface area contributed by atoms with Crippen molar-refractivity contribution in [2.24, 2.45) is 0 Å². The number of sulfone groups is 1. The van der Waals surface area contributed by atoms with Crippen LogP contribution in [0.25, 0.3) is 0 Å². The third kappa shape index (κ3) is 4.72. The van der Waals surface area contributed by atoms with Crippen molar-refractivity contribution in [3.63, 3.8) is 0 Å². The Kier molecular flexibility index (Phi) is 6.36. The number of nitrogens with one attached hydrogen (secondary N) is 1. The Morgan fingerprint density at radius 2 is 1.89 bits per heavy atom. The molecule has 6 nitrogen and oxygen atoms in total. The van der Waals surface area contributed by atoms with E-state index in [0.29, 0.717) is 29.2 Å². The number of halogens is 1. The number of nitrogens with zero attached hydrogens (tertiary/aromatic N) is 1. The molecule has 0 aliphatic carbocycles. The van der Waals surface area contributed by atoms with Crippen LogP contribution in [-0.2, 0) is 14.6 Å². The second-order valence-corrected chi connectivity index (χ2v) is 9.10. The topological polar surface area (TPSA) is 83.6 Å². The van der Waals surface area contributed by atoms with Gasteiger partial charge in [-0.25, -0.2) is 8.42 Å². The fourth-order valence-corrected chi connectivity index (χ4v) is 4.63. The van der Waals surface area contributed by atoms with Gasteiger partial charge in [-0.05, 0) is 43.2 Å². The number of anilines is 1. The lowest BCUT2D eigenvalue weighted by atomic mass is 10.1. The molecular weight excluding hydrogens is 400 g/mol. The molecule has 1 aliphatic heterocycles. The standard InChI is InChI=1S/C20H21ClN2O4S/c21-15-9-10-17(18(14-15)23-12-4-8-19(23)24)20(25)22-11-5-13-28(26,27)16-6-2-1-3-7-16/h1-3,6-7,9-10,14H,4-5,8,11-13H2,(H,22,25). The fraction of sp³-hybridized carbons (Fsp3) is 0.300. The first-order chi connectivity index (χ1) is 13.4. The molecule has 28 heavy (non-hydrogen) atoms. The van der Waals surface area contributed by atoms with Crippen LogP contribution in [0.3, 0.4) is 0 Å². The van der Waals surface area contributed by atoms with Crippen LogP contribution in [-0.4, -0.2) is 39.1 Å². The molecule has 1 aliphatic rings. The number of rotatable bonds is 7. The van der Waals surface area contributed by atoms with Crippen LogP contribution in [0.15, 0.2) is 53.4 Å². The van der Waals surface area contributed by atoms with Crippen LogP contribution in [0.5, 0.6) is 0 Å². The van der Waals surface area contributed by atoms with Crippen LogP contribution < -0.4 is 10.2 Å². The molecule has 8 heteroatoms. The molecule has 2 aromatic carbocycles. The van der Waals surface area contributed by atoms with Crippen LogP contribution in [0.1, 0.15) is 29.6 Å². The minimum Gasteiger partial charge on any atom is -0.352 e. The molecule has 1 saturated heterocycles. The molecule has 1 heterocycles. The van der Waals surface area contributed by atoms with Gasteiger partial charge in [0.05, 0.1) is 21.9 Å². The molecule has 148 valence electrons. The predicted molar refractivity (Wildman–Crippen MR) is 108 cm³/mol. The average molecular weight is 421 g/mol. The summed E-state index contributed by atoms with van der Waals surface area (Å²) in [5, 5.41) is 3.18. The third-order valence-corrected chi connectivity index (χ3v) is 6.60. The first-order valence-corrected chi connectivity index (χ1v) is 11.1. The summed E-state index contributed by atoms with van der Waals surface area (Å²) < 4.78 is 24.6. The highest BCUT2D eigenvalue weighted by atomic mass is 35.5. The monoisotopic (exact) mass is 420 g/mol. The Morgan fingerprint density at radius 1 is 1.14 bits per heavy atom. The van der Waals surface area contributed by atoms with Gasteiger partial charge in [0.25, 0.3) is 5.91 Å². The molecule has 2 aromatic rings. The van der Waals surface area contributed by atoms with E-state index in [4.69, 9.17) is 11.6 Å². The summed E-state index contributed by atoms with van der Waals surface area (Å²) in [6, 6.07) is 13.0. The highest BCUT2D eigenvalue weighted by Crippen LogP contribution is 2.28. The number of hydrogen-bond donors (Lipinski definition) is 1. The van der Waals surface area contributed by atoms with Crippen LogP contribution in [0, 0.1) is 0 Å². The molecule has 1 fully saturated rings. The molecule has 0 unspecified atom stereocenters. The minimum atomic E-state index is -3.38. The van der Waals surface area contributed by atoms with E-state index in [1.165, 1.54) is 0 Å². The predicted octanol–water partition coefficient (Wildman–Crippen LogP) is 3.06. The van der Waals surface area contributed by atoms with Gasteiger partial charge in [-0.15, -0.1) is 0 Å². The van der Waals surface area contributed by atoms with E-state index < -0.39 is 9.84 Å². The summed E-state index contributed by atoms with van der Waals surface area (Å²) in [5.41, 5.74) is 0.843. The van der Waals surface area contributed by atoms with Crippen molar-refractivity contribution in [1.29, 1.82) is 0 Å². The van der Waals surface area contributed by atoms with Crippen molar-refractivity contribution in [1.82, 2.24) is 5.32 Å². The van der Waals surface area contributed by atoms with Crippen LogP contribution >= 0.6 is 11.6 Å². The van der Waals surface area contributed by atoms with Crippen molar-refractivity contribution in [2.75, 3.05) is 23.7 Å². The second kappa shape index (κ2) is 8.75. The smallest absolute Gasteiger partial charge is 0.253 e. The highest BCUT2D eigenvalue weighted by Gasteiger charge is 2.26. The normalized spacial score (nSPS) is 14.3. The van der Waals surface area contributed by atoms with Gasteiger partial charge < -0.3 is 10.2 Å². The zero-order chi connectivity index (χ0) is 20.1. The van der Waals surface area contributed by atoms with E-state index in [-0.39, 0.29) is 35.4 Å². The van der Waals surface area contributed by atoms with E-state index in [1.807, 2.05) is 0 Å². The lowest BCUT2D eigenvalue weighted by Gasteiger charge is -2.19. The quantitative estimate of drug-likeness (QED) is 0.698. The SMILES string of the molecule is O=C(NCCCS(=O)(=O)c1ccccc1)c1ccc(Cl)cc1N1CCCC1=O. The van der Waals surface area contributed by atoms with Gasteiger partial charge in [-0.1, -0.05) is 29.8 Å². The summed E-state index contributed by atoms with van der Waals surface area (Å²) in [5.74, 6) is -0.455. The van der Waals surface area contributed by atoms with Crippen molar-refractivity contribution < 1.29 is 18.0 Å². The van der Waals surface area contributed by atoms with Gasteiger partial charge in [0.1, 0.15) is 0 Å². The molecule has 0 radical (unpaired) electrons. The zero-order valence-corrected chi connectivity index (χ0v) is 16.8. The maximum Gasteiger partial charge on any atom is 0.253 e. The lowest BCUT2D eigenvalue weighted by Crippen LogP contribution is -2.30. The Balaban J connectivity index is 1.62. The number of carbonyl (C=O) groups is 2. The van der Waals surface area contributed by atoms with Gasteiger partial charge in [-0.2, -0.15) is 0 Å². The van der Waals surface area contributed by atoms with Crippen molar-refractivity contribution in [3.8, 4) is 0 Å². The Bertz CT molecular complexity index is 977. The molecule has 0 bridgehead atoms. The average Bonchev–Trinajstić information content (AvgIpc) is 3.11. The first-order valence-electron chi connectivity index (χ1n) is 9.04. The number of hydrogen-bond acceptors (Lipinski definition) is 4. The maximum atomic E-state index is 12.6. The summed E-state index contributed by atoms with van der Waals surface area (Å²) in [4.78, 5) is 26.5. The molecule has 0 saturated carbocycles. The van der Waals surface area contributed by atoms with Crippen LogP contribution in [0.2, 0.25) is 5.02 Å². The summed E-state index contributed by atoms with van der Waals surface area (Å²) in [6.45, 7) is 0.760. The molecular formula is C20H21ClN2O4S. The van der Waals surface area contributed by atoms with Gasteiger partial charge >= 0.3 is 0 Å². The van der Waals surface area contributed by atoms with Gasteiger partial charge in [0.2, 0.25) is 5.91 Å². The second-order valence-electron chi connectivity index (χ2n) is 6.55. The Hall–Kier alpha value is -2.38. The van der Waals surface area contributed by atoms with E-state index in [1.54, 1.807) is 53.4 Å². The minimum absolute atomic E-state index is 0.0368. The van der Waals surface area contributed by atoms with Crippen molar-refractivity contribution >= 4 is 38.9 Å². The Labute approximate surface area is 169 Å². The van der Waals surface area contributed by atoms with Crippen molar-refractivity contribution in [3.05, 3.63) is 59.1 Å². The first kappa shape index (κ1) is 20.4. The van der Waals surface area contributed by atoms with E-state index in [9.17, 15) is 18.0 Å². The van der Waals surface area contributed by atoms with E-state index >= 15 is 0 Å². The van der Waals surface area contributed by atoms with Gasteiger partial charge in [0.15, 0.2) is 9.84 Å². The summed E-state index contributed by atoms with van der Waals surface area (Å²) in [6.07, 6.45) is 1.48. The lowest BCUT2D eigenvalue weighted by molar-refractivity contribution is -0.117. The van der Waals surface area contributed by atoms with Gasteiger partial charge in [0, 0.05) is 24.5 Å². The molecule has 0 atom stereocenters. The molecule has 3 rings (SSSR count). The summed E-state index contributed by atoms with van der Waals surface area (Å²) >= 11 is 6.05. The number of benzene rings is 2. The third-order valence-electron chi connectivity index (χ3n) is 4.55. The zero-order valence-electron chi connectivity index (χ0n) is 15.2. The molecule has 0 aromatic heterocycles. The van der Waals surface area contributed by atoms with Gasteiger partial charge in [-0.3, -0.25) is 9.59 Å². The Morgan fingerprint density at radius 3 is 2.57 bits per heavy atom. The van der Waals surface area contributed by atoms with Crippen molar-refractivity contribution in [2.45, 2.75) is 24.2 Å². The molecule has 0 spiro atoms. The van der Waals surface area contributed by atoms with Crippen LogP contribution in [0.4, 0.5) is 5.69 Å². The van der Waals surface area contributed by atoms with E-state index in [0.717, 1.165) is 6.42 Å². The summed E-state index contributed by atoms with van der Waals surface area (Å²) in [7, 11) is -3.38. The maximum absolute atomic E-state index is 12.6. The largest absolute Gasteiger partial charge is 0.352 e.